The van der Waals surface area contributed by atoms with Crippen LogP contribution in [0.25, 0.3) is 10.2 Å². The van der Waals surface area contributed by atoms with Crippen LogP contribution in [0.4, 0.5) is 15.6 Å². The molecule has 0 spiro atoms. The Kier molecular flexibility index (Phi) is 5.73. The summed E-state index contributed by atoms with van der Waals surface area (Å²) in [4.78, 5) is 28.6. The zero-order valence-electron chi connectivity index (χ0n) is 14.7. The van der Waals surface area contributed by atoms with E-state index in [-0.39, 0.29) is 11.9 Å². The molecule has 0 saturated heterocycles. The molecule has 1 heterocycles. The van der Waals surface area contributed by atoms with Crippen molar-refractivity contribution in [1.82, 2.24) is 10.3 Å². The molecule has 27 heavy (non-hydrogen) atoms. The number of thiazole rings is 1. The van der Waals surface area contributed by atoms with Gasteiger partial charge in [-0.25, -0.2) is 9.78 Å². The van der Waals surface area contributed by atoms with Crippen LogP contribution in [-0.2, 0) is 0 Å². The fourth-order valence-corrected chi connectivity index (χ4v) is 3.56. The zero-order chi connectivity index (χ0) is 19.4. The van der Waals surface area contributed by atoms with Gasteiger partial charge in [-0.05, 0) is 43.7 Å². The first-order valence-corrected chi connectivity index (χ1v) is 9.33. The molecule has 3 aromatic rings. The number of aryl methyl sites for hydroxylation is 1. The lowest BCUT2D eigenvalue weighted by atomic mass is 10.1. The fourth-order valence-electron chi connectivity index (χ4n) is 2.39. The molecule has 6 nitrogen and oxygen atoms in total. The van der Waals surface area contributed by atoms with Crippen LogP contribution in [0.5, 0.6) is 0 Å². The highest BCUT2D eigenvalue weighted by atomic mass is 35.5. The molecule has 3 rings (SSSR count). The van der Waals surface area contributed by atoms with E-state index >= 15 is 0 Å². The highest BCUT2D eigenvalue weighted by Gasteiger charge is 2.13. The second-order valence-electron chi connectivity index (χ2n) is 5.69. The number of halogens is 1. The number of hydrogen-bond acceptors (Lipinski definition) is 4. The maximum atomic E-state index is 12.6. The maximum Gasteiger partial charge on any atom is 0.324 e. The van der Waals surface area contributed by atoms with E-state index in [9.17, 15) is 9.59 Å². The minimum absolute atomic E-state index is 0.262. The molecule has 2 aromatic carbocycles. The van der Waals surface area contributed by atoms with Crippen LogP contribution in [0.2, 0.25) is 5.02 Å². The third kappa shape index (κ3) is 4.45. The maximum absolute atomic E-state index is 12.6. The number of urea groups is 1. The molecule has 3 amide bonds. The molecular formula is C19H17ClN4O2S. The van der Waals surface area contributed by atoms with Gasteiger partial charge in [0.15, 0.2) is 5.13 Å². The number of hydrogen-bond donors (Lipinski definition) is 3. The minimum atomic E-state index is -0.376. The number of anilines is 2. The highest BCUT2D eigenvalue weighted by molar-refractivity contribution is 7.22. The van der Waals surface area contributed by atoms with Gasteiger partial charge in [-0.2, -0.15) is 0 Å². The van der Waals surface area contributed by atoms with Crippen molar-refractivity contribution in [3.8, 4) is 0 Å². The Hall–Kier alpha value is -2.90. The van der Waals surface area contributed by atoms with Crippen LogP contribution in [0.15, 0.2) is 48.7 Å². The Morgan fingerprint density at radius 3 is 2.74 bits per heavy atom. The fraction of sp³-hybridized carbons (Fsp3) is 0.105. The SMILES string of the molecule is C/C=C\NC(=O)Nc1nc2ccc(C(=O)Nc3c(C)cccc3Cl)cc2s1. The normalized spacial score (nSPS) is 10.9. The standard InChI is InChI=1S/C19H17ClN4O2S/c1-3-9-21-18(26)24-19-22-14-8-7-12(10-15(14)27-19)17(25)23-16-11(2)5-4-6-13(16)20/h3-10H,1-2H3,(H,23,25)(H2,21,22,24,26)/b9-3-. The number of carbonyl (C=O) groups excluding carboxylic acids is 2. The molecule has 0 radical (unpaired) electrons. The van der Waals surface area contributed by atoms with Crippen molar-refractivity contribution in [3.05, 3.63) is 64.8 Å². The van der Waals surface area contributed by atoms with Crippen molar-refractivity contribution >= 4 is 55.9 Å². The summed E-state index contributed by atoms with van der Waals surface area (Å²) in [6, 6.07) is 10.2. The molecule has 0 aliphatic heterocycles. The molecule has 0 unspecified atom stereocenters. The lowest BCUT2D eigenvalue weighted by Crippen LogP contribution is -2.23. The number of nitrogens with zero attached hydrogens (tertiary/aromatic N) is 1. The molecule has 138 valence electrons. The number of amides is 3. The molecule has 0 atom stereocenters. The van der Waals surface area contributed by atoms with Gasteiger partial charge in [-0.1, -0.05) is 41.1 Å². The summed E-state index contributed by atoms with van der Waals surface area (Å²) >= 11 is 7.46. The average molecular weight is 401 g/mol. The molecule has 0 fully saturated rings. The van der Waals surface area contributed by atoms with E-state index in [1.807, 2.05) is 19.1 Å². The van der Waals surface area contributed by atoms with E-state index in [4.69, 9.17) is 11.6 Å². The van der Waals surface area contributed by atoms with Gasteiger partial charge in [0.25, 0.3) is 5.91 Å². The smallest absolute Gasteiger partial charge is 0.320 e. The summed E-state index contributed by atoms with van der Waals surface area (Å²) < 4.78 is 0.792. The van der Waals surface area contributed by atoms with Crippen LogP contribution in [0, 0.1) is 6.92 Å². The van der Waals surface area contributed by atoms with Gasteiger partial charge in [0.05, 0.1) is 20.9 Å². The second kappa shape index (κ2) is 8.20. The van der Waals surface area contributed by atoms with Crippen LogP contribution >= 0.6 is 22.9 Å². The number of carbonyl (C=O) groups is 2. The molecule has 8 heteroatoms. The van der Waals surface area contributed by atoms with Crippen LogP contribution in [-0.4, -0.2) is 16.9 Å². The number of para-hydroxylation sites is 1. The zero-order valence-corrected chi connectivity index (χ0v) is 16.2. The first-order valence-electron chi connectivity index (χ1n) is 8.13. The number of rotatable bonds is 4. The van der Waals surface area contributed by atoms with Gasteiger partial charge in [-0.3, -0.25) is 10.1 Å². The number of fused-ring (bicyclic) bond motifs is 1. The third-order valence-corrected chi connectivity index (χ3v) is 4.96. The molecule has 0 saturated carbocycles. The van der Waals surface area contributed by atoms with E-state index in [1.54, 1.807) is 37.3 Å². The summed E-state index contributed by atoms with van der Waals surface area (Å²) in [6.07, 6.45) is 3.24. The van der Waals surface area contributed by atoms with E-state index in [0.717, 1.165) is 10.3 Å². The van der Waals surface area contributed by atoms with Gasteiger partial charge < -0.3 is 10.6 Å². The number of aromatic nitrogens is 1. The summed E-state index contributed by atoms with van der Waals surface area (Å²) in [7, 11) is 0. The Morgan fingerprint density at radius 2 is 2.00 bits per heavy atom. The molecular weight excluding hydrogens is 384 g/mol. The predicted molar refractivity (Wildman–Crippen MR) is 111 cm³/mol. The highest BCUT2D eigenvalue weighted by Crippen LogP contribution is 2.29. The van der Waals surface area contributed by atoms with Crippen molar-refractivity contribution < 1.29 is 9.59 Å². The van der Waals surface area contributed by atoms with Gasteiger partial charge in [0, 0.05) is 11.8 Å². The van der Waals surface area contributed by atoms with E-state index in [0.29, 0.717) is 26.9 Å². The van der Waals surface area contributed by atoms with Gasteiger partial charge in [-0.15, -0.1) is 0 Å². The van der Waals surface area contributed by atoms with E-state index < -0.39 is 0 Å². The van der Waals surface area contributed by atoms with Crippen molar-refractivity contribution in [1.29, 1.82) is 0 Å². The van der Waals surface area contributed by atoms with E-state index in [1.165, 1.54) is 17.5 Å². The molecule has 0 aliphatic carbocycles. The molecule has 1 aromatic heterocycles. The number of allylic oxidation sites excluding steroid dienone is 1. The topological polar surface area (TPSA) is 83.1 Å². The van der Waals surface area contributed by atoms with Gasteiger partial charge >= 0.3 is 6.03 Å². The summed E-state index contributed by atoms with van der Waals surface area (Å²) in [5.74, 6) is -0.262. The summed E-state index contributed by atoms with van der Waals surface area (Å²) in [6.45, 7) is 3.68. The first kappa shape index (κ1) is 18.9. The minimum Gasteiger partial charge on any atom is -0.320 e. The lowest BCUT2D eigenvalue weighted by Gasteiger charge is -2.10. The Morgan fingerprint density at radius 1 is 1.19 bits per heavy atom. The number of nitrogens with one attached hydrogen (secondary N) is 3. The van der Waals surface area contributed by atoms with E-state index in [2.05, 4.69) is 20.9 Å². The molecule has 0 bridgehead atoms. The average Bonchev–Trinajstić information content (AvgIpc) is 3.04. The predicted octanol–water partition coefficient (Wildman–Crippen LogP) is 5.17. The lowest BCUT2D eigenvalue weighted by molar-refractivity contribution is 0.102. The molecule has 3 N–H and O–H groups in total. The second-order valence-corrected chi connectivity index (χ2v) is 7.12. The van der Waals surface area contributed by atoms with Crippen molar-refractivity contribution in [2.24, 2.45) is 0 Å². The Balaban J connectivity index is 1.80. The Bertz CT molecular complexity index is 1030. The third-order valence-electron chi connectivity index (χ3n) is 3.71. The van der Waals surface area contributed by atoms with Crippen molar-refractivity contribution in [3.63, 3.8) is 0 Å². The molecule has 0 aliphatic rings. The number of benzene rings is 2. The van der Waals surface area contributed by atoms with Gasteiger partial charge in [0.1, 0.15) is 0 Å². The summed E-state index contributed by atoms with van der Waals surface area (Å²) in [5, 5.41) is 8.99. The largest absolute Gasteiger partial charge is 0.324 e. The monoisotopic (exact) mass is 400 g/mol. The Labute approximate surface area is 165 Å². The van der Waals surface area contributed by atoms with Crippen LogP contribution < -0.4 is 16.0 Å². The van der Waals surface area contributed by atoms with Crippen LogP contribution in [0.1, 0.15) is 22.8 Å². The van der Waals surface area contributed by atoms with Crippen molar-refractivity contribution in [2.75, 3.05) is 10.6 Å². The first-order chi connectivity index (χ1) is 13.0. The van der Waals surface area contributed by atoms with Crippen molar-refractivity contribution in [2.45, 2.75) is 13.8 Å². The van der Waals surface area contributed by atoms with Gasteiger partial charge in [0.2, 0.25) is 0 Å². The van der Waals surface area contributed by atoms with Crippen LogP contribution in [0.3, 0.4) is 0 Å². The quantitative estimate of drug-likeness (QED) is 0.565. The summed E-state index contributed by atoms with van der Waals surface area (Å²) in [5.41, 5.74) is 2.66.